The van der Waals surface area contributed by atoms with E-state index in [1.807, 2.05) is 36.4 Å². The van der Waals surface area contributed by atoms with Crippen molar-refractivity contribution in [3.8, 4) is 5.75 Å². The highest BCUT2D eigenvalue weighted by Gasteiger charge is 2.20. The number of amides is 1. The Labute approximate surface area is 217 Å². The van der Waals surface area contributed by atoms with E-state index in [1.54, 1.807) is 14.1 Å². The number of ether oxygens (including phenoxy) is 2. The fraction of sp³-hybridized carbons (Fsp3) is 0.462. The Balaban J connectivity index is 1.18. The number of carbonyl (C=O) groups excluding carboxylic acids is 1. The van der Waals surface area contributed by atoms with E-state index in [1.165, 1.54) is 4.90 Å². The summed E-state index contributed by atoms with van der Waals surface area (Å²) in [5.74, 6) is 1.24. The molecule has 9 heteroatoms. The van der Waals surface area contributed by atoms with Gasteiger partial charge in [0.2, 0.25) is 5.90 Å². The monoisotopic (exact) mass is 518 g/mol. The van der Waals surface area contributed by atoms with Gasteiger partial charge >= 0.3 is 6.09 Å². The van der Waals surface area contributed by atoms with Crippen LogP contribution in [-0.2, 0) is 11.2 Å². The van der Waals surface area contributed by atoms with Crippen molar-refractivity contribution in [2.75, 3.05) is 58.3 Å². The van der Waals surface area contributed by atoms with E-state index in [-0.39, 0.29) is 0 Å². The third-order valence-electron chi connectivity index (χ3n) is 6.26. The zero-order valence-electron chi connectivity index (χ0n) is 20.3. The van der Waals surface area contributed by atoms with Gasteiger partial charge in [-0.15, -0.1) is 0 Å². The molecule has 0 bridgehead atoms. The lowest BCUT2D eigenvalue weighted by atomic mass is 10.0. The number of unbranched alkanes of at least 4 members (excludes halogenated alkanes) is 1. The summed E-state index contributed by atoms with van der Waals surface area (Å²) >= 11 is 12.5. The molecule has 0 unspecified atom stereocenters. The Morgan fingerprint density at radius 1 is 1.06 bits per heavy atom. The van der Waals surface area contributed by atoms with Crippen molar-refractivity contribution < 1.29 is 14.3 Å². The van der Waals surface area contributed by atoms with Gasteiger partial charge in [0.1, 0.15) is 5.75 Å². The fourth-order valence-electron chi connectivity index (χ4n) is 4.22. The van der Waals surface area contributed by atoms with Crippen LogP contribution in [0.5, 0.6) is 5.75 Å². The maximum atomic E-state index is 11.8. The zero-order chi connectivity index (χ0) is 24.8. The largest absolute Gasteiger partial charge is 0.494 e. The number of nitrogens with zero attached hydrogens (tertiary/aromatic N) is 4. The Morgan fingerprint density at radius 2 is 1.86 bits per heavy atom. The second kappa shape index (κ2) is 12.0. The van der Waals surface area contributed by atoms with E-state index in [0.29, 0.717) is 29.0 Å². The summed E-state index contributed by atoms with van der Waals surface area (Å²) in [5, 5.41) is 1.24. The third-order valence-corrected chi connectivity index (χ3v) is 7.07. The first-order chi connectivity index (χ1) is 16.9. The molecule has 1 fully saturated rings. The Hall–Kier alpha value is -2.48. The molecule has 188 valence electrons. The van der Waals surface area contributed by atoms with Crippen LogP contribution in [0.2, 0.25) is 10.0 Å². The number of aliphatic imine (C=N–C) groups is 1. The number of fused-ring (bicyclic) bond motifs is 1. The molecule has 2 heterocycles. The summed E-state index contributed by atoms with van der Waals surface area (Å²) in [6, 6.07) is 11.8. The van der Waals surface area contributed by atoms with Gasteiger partial charge in [0, 0.05) is 52.8 Å². The summed E-state index contributed by atoms with van der Waals surface area (Å²) < 4.78 is 11.3. The van der Waals surface area contributed by atoms with Crippen LogP contribution in [0.1, 0.15) is 24.8 Å². The molecule has 2 aliphatic rings. The molecule has 2 aliphatic heterocycles. The van der Waals surface area contributed by atoms with E-state index in [4.69, 9.17) is 32.7 Å². The second-order valence-corrected chi connectivity index (χ2v) is 9.80. The Bertz CT molecular complexity index is 1070. The molecule has 0 spiro atoms. The molecule has 0 atom stereocenters. The third kappa shape index (κ3) is 6.81. The van der Waals surface area contributed by atoms with Crippen LogP contribution < -0.4 is 9.64 Å². The lowest BCUT2D eigenvalue weighted by Gasteiger charge is -2.36. The van der Waals surface area contributed by atoms with E-state index in [0.717, 1.165) is 74.7 Å². The smallest absolute Gasteiger partial charge is 0.415 e. The fourth-order valence-corrected chi connectivity index (χ4v) is 4.64. The van der Waals surface area contributed by atoms with Crippen molar-refractivity contribution in [1.82, 2.24) is 9.80 Å². The molecular weight excluding hydrogens is 487 g/mol. The highest BCUT2D eigenvalue weighted by Crippen LogP contribution is 2.33. The number of anilines is 1. The van der Waals surface area contributed by atoms with Gasteiger partial charge in [-0.2, -0.15) is 0 Å². The van der Waals surface area contributed by atoms with Gasteiger partial charge in [0.05, 0.1) is 28.0 Å². The molecule has 0 aromatic heterocycles. The topological polar surface area (TPSA) is 57.6 Å². The van der Waals surface area contributed by atoms with E-state index in [2.05, 4.69) is 14.8 Å². The van der Waals surface area contributed by atoms with Gasteiger partial charge in [0.25, 0.3) is 0 Å². The number of hydrogen-bond acceptors (Lipinski definition) is 6. The lowest BCUT2D eigenvalue weighted by Crippen LogP contribution is -2.46. The van der Waals surface area contributed by atoms with Crippen molar-refractivity contribution >= 4 is 46.6 Å². The zero-order valence-corrected chi connectivity index (χ0v) is 21.8. The van der Waals surface area contributed by atoms with Gasteiger partial charge < -0.3 is 19.3 Å². The first kappa shape index (κ1) is 25.6. The Morgan fingerprint density at radius 3 is 2.63 bits per heavy atom. The number of hydrogen-bond donors (Lipinski definition) is 0. The minimum atomic E-state index is -0.408. The van der Waals surface area contributed by atoms with Crippen LogP contribution >= 0.6 is 23.2 Å². The average molecular weight is 519 g/mol. The maximum Gasteiger partial charge on any atom is 0.415 e. The molecule has 2 aromatic carbocycles. The standard InChI is InChI=1S/C26H32Cl2N4O3/c1-30(2)26(33)35-24-11-9-19-8-10-20(18-22(19)29-24)34-17-4-3-12-31-13-15-32(16-14-31)23-7-5-6-21(27)25(23)28/h5-8,10,18H,3-4,9,11-17H2,1-2H3. The second-order valence-electron chi connectivity index (χ2n) is 9.02. The molecule has 2 aromatic rings. The number of halogens is 2. The summed E-state index contributed by atoms with van der Waals surface area (Å²) in [5.41, 5.74) is 2.97. The summed E-state index contributed by atoms with van der Waals surface area (Å²) in [7, 11) is 3.31. The first-order valence-electron chi connectivity index (χ1n) is 12.0. The van der Waals surface area contributed by atoms with E-state index < -0.39 is 6.09 Å². The predicted molar refractivity (Wildman–Crippen MR) is 142 cm³/mol. The molecule has 1 saturated heterocycles. The van der Waals surface area contributed by atoms with Crippen LogP contribution in [-0.4, -0.2) is 75.2 Å². The van der Waals surface area contributed by atoms with Crippen LogP contribution in [0.3, 0.4) is 0 Å². The molecule has 35 heavy (non-hydrogen) atoms. The van der Waals surface area contributed by atoms with Crippen LogP contribution in [0, 0.1) is 0 Å². The van der Waals surface area contributed by atoms with Crippen LogP contribution in [0.25, 0.3) is 0 Å². The van der Waals surface area contributed by atoms with Gasteiger partial charge in [-0.3, -0.25) is 4.90 Å². The molecule has 0 N–H and O–H groups in total. The van der Waals surface area contributed by atoms with Gasteiger partial charge in [-0.1, -0.05) is 35.3 Å². The van der Waals surface area contributed by atoms with Crippen molar-refractivity contribution in [2.24, 2.45) is 4.99 Å². The van der Waals surface area contributed by atoms with E-state index in [9.17, 15) is 4.79 Å². The number of benzene rings is 2. The van der Waals surface area contributed by atoms with E-state index >= 15 is 0 Å². The van der Waals surface area contributed by atoms with Crippen molar-refractivity contribution in [3.05, 3.63) is 52.0 Å². The summed E-state index contributed by atoms with van der Waals surface area (Å²) in [4.78, 5) is 22.5. The number of piperazine rings is 1. The molecule has 0 saturated carbocycles. The highest BCUT2D eigenvalue weighted by atomic mass is 35.5. The minimum absolute atomic E-state index is 0.408. The molecule has 1 amide bonds. The van der Waals surface area contributed by atoms with Crippen molar-refractivity contribution in [3.63, 3.8) is 0 Å². The van der Waals surface area contributed by atoms with Gasteiger partial charge in [-0.25, -0.2) is 9.79 Å². The number of aryl methyl sites for hydroxylation is 1. The van der Waals surface area contributed by atoms with Crippen LogP contribution in [0.15, 0.2) is 41.4 Å². The summed E-state index contributed by atoms with van der Waals surface area (Å²) in [6.45, 7) is 5.61. The quantitative estimate of drug-likeness (QED) is 0.443. The number of rotatable bonds is 7. The number of carbonyl (C=O) groups is 1. The predicted octanol–water partition coefficient (Wildman–Crippen LogP) is 5.65. The van der Waals surface area contributed by atoms with Gasteiger partial charge in [0.15, 0.2) is 0 Å². The lowest BCUT2D eigenvalue weighted by molar-refractivity contribution is 0.167. The molecule has 0 aliphatic carbocycles. The van der Waals surface area contributed by atoms with Crippen molar-refractivity contribution in [1.29, 1.82) is 0 Å². The molecule has 0 radical (unpaired) electrons. The van der Waals surface area contributed by atoms with Crippen molar-refractivity contribution in [2.45, 2.75) is 25.7 Å². The molecular formula is C26H32Cl2N4O3. The normalized spacial score (nSPS) is 15.9. The molecule has 4 rings (SSSR count). The van der Waals surface area contributed by atoms with Gasteiger partial charge in [-0.05, 0) is 49.6 Å². The highest BCUT2D eigenvalue weighted by molar-refractivity contribution is 6.43. The Kier molecular flexibility index (Phi) is 8.76. The maximum absolute atomic E-state index is 11.8. The van der Waals surface area contributed by atoms with Crippen LogP contribution in [0.4, 0.5) is 16.2 Å². The molecule has 7 nitrogen and oxygen atoms in total. The minimum Gasteiger partial charge on any atom is -0.494 e. The average Bonchev–Trinajstić information content (AvgIpc) is 2.85. The summed E-state index contributed by atoms with van der Waals surface area (Å²) in [6.07, 6.45) is 3.06. The first-order valence-corrected chi connectivity index (χ1v) is 12.8. The SMILES string of the molecule is CN(C)C(=O)OC1=Nc2cc(OCCCCN3CCN(c4cccc(Cl)c4Cl)CC3)ccc2CC1.